The van der Waals surface area contributed by atoms with Crippen LogP contribution in [-0.2, 0) is 13.0 Å². The van der Waals surface area contributed by atoms with Crippen molar-refractivity contribution >= 4 is 5.82 Å². The summed E-state index contributed by atoms with van der Waals surface area (Å²) in [7, 11) is 0. The zero-order valence-electron chi connectivity index (χ0n) is 15.3. The number of nitrogens with one attached hydrogen (secondary N) is 1. The number of aryl methyl sites for hydroxylation is 1. The lowest BCUT2D eigenvalue weighted by molar-refractivity contribution is 0.297. The largest absolute Gasteiger partial charge is 0.490 e. The zero-order valence-corrected chi connectivity index (χ0v) is 15.3. The standard InChI is InChI=1S/C21H22N4O2/c1-2-16-13-20(25-21(24-16)17-6-3-4-9-22-17)23-14-15-7-8-18-19(12-15)27-11-5-10-26-18/h3-4,6-9,12-13H,2,5,10-11,14H2,1H3,(H,23,24,25). The van der Waals surface area contributed by atoms with Gasteiger partial charge in [0.05, 0.1) is 13.2 Å². The van der Waals surface area contributed by atoms with Gasteiger partial charge in [0.15, 0.2) is 17.3 Å². The molecule has 1 aromatic carbocycles. The summed E-state index contributed by atoms with van der Waals surface area (Å²) in [4.78, 5) is 13.6. The van der Waals surface area contributed by atoms with Crippen LogP contribution in [0.4, 0.5) is 5.82 Å². The summed E-state index contributed by atoms with van der Waals surface area (Å²) in [5.74, 6) is 3.03. The smallest absolute Gasteiger partial charge is 0.180 e. The van der Waals surface area contributed by atoms with Gasteiger partial charge in [0.25, 0.3) is 0 Å². The first-order valence-electron chi connectivity index (χ1n) is 9.23. The summed E-state index contributed by atoms with van der Waals surface area (Å²) in [5, 5.41) is 3.39. The Bertz CT molecular complexity index is 915. The van der Waals surface area contributed by atoms with Gasteiger partial charge in [-0.15, -0.1) is 0 Å². The molecule has 3 aromatic rings. The number of anilines is 1. The maximum atomic E-state index is 5.77. The number of hydrogen-bond donors (Lipinski definition) is 1. The Morgan fingerprint density at radius 1 is 1.00 bits per heavy atom. The zero-order chi connectivity index (χ0) is 18.5. The number of hydrogen-bond acceptors (Lipinski definition) is 6. The maximum Gasteiger partial charge on any atom is 0.180 e. The molecule has 1 aliphatic heterocycles. The first-order valence-corrected chi connectivity index (χ1v) is 9.23. The average Bonchev–Trinajstić information content (AvgIpc) is 2.97. The van der Waals surface area contributed by atoms with Crippen LogP contribution in [0.1, 0.15) is 24.6 Å². The van der Waals surface area contributed by atoms with Gasteiger partial charge in [-0.2, -0.15) is 0 Å². The number of fused-ring (bicyclic) bond motifs is 1. The lowest BCUT2D eigenvalue weighted by Crippen LogP contribution is -2.05. The molecule has 0 spiro atoms. The van der Waals surface area contributed by atoms with E-state index >= 15 is 0 Å². The lowest BCUT2D eigenvalue weighted by Gasteiger charge is -2.12. The van der Waals surface area contributed by atoms with E-state index in [2.05, 4.69) is 27.2 Å². The van der Waals surface area contributed by atoms with Gasteiger partial charge < -0.3 is 14.8 Å². The number of benzene rings is 1. The van der Waals surface area contributed by atoms with E-state index in [1.54, 1.807) is 6.20 Å². The molecule has 0 atom stereocenters. The van der Waals surface area contributed by atoms with Gasteiger partial charge in [0.1, 0.15) is 11.5 Å². The molecule has 2 aromatic heterocycles. The molecular weight excluding hydrogens is 340 g/mol. The Morgan fingerprint density at radius 2 is 1.89 bits per heavy atom. The molecule has 1 N–H and O–H groups in total. The van der Waals surface area contributed by atoms with Crippen LogP contribution in [0, 0.1) is 0 Å². The van der Waals surface area contributed by atoms with E-state index in [0.717, 1.165) is 47.1 Å². The highest BCUT2D eigenvalue weighted by molar-refractivity contribution is 5.53. The van der Waals surface area contributed by atoms with E-state index in [4.69, 9.17) is 9.47 Å². The third kappa shape index (κ3) is 4.16. The molecule has 27 heavy (non-hydrogen) atoms. The summed E-state index contributed by atoms with van der Waals surface area (Å²) in [6.45, 7) is 4.10. The predicted molar refractivity (Wildman–Crippen MR) is 104 cm³/mol. The molecule has 3 heterocycles. The van der Waals surface area contributed by atoms with Crippen LogP contribution in [0.25, 0.3) is 11.5 Å². The molecule has 138 valence electrons. The van der Waals surface area contributed by atoms with Crippen LogP contribution in [0.15, 0.2) is 48.7 Å². The topological polar surface area (TPSA) is 69.2 Å². The number of aromatic nitrogens is 3. The monoisotopic (exact) mass is 362 g/mol. The van der Waals surface area contributed by atoms with E-state index < -0.39 is 0 Å². The highest BCUT2D eigenvalue weighted by Gasteiger charge is 2.11. The summed E-state index contributed by atoms with van der Waals surface area (Å²) in [5.41, 5.74) is 2.86. The van der Waals surface area contributed by atoms with Crippen molar-refractivity contribution in [3.05, 3.63) is 59.9 Å². The molecule has 0 amide bonds. The van der Waals surface area contributed by atoms with Gasteiger partial charge in [-0.25, -0.2) is 9.97 Å². The minimum Gasteiger partial charge on any atom is -0.490 e. The third-order valence-electron chi connectivity index (χ3n) is 4.32. The number of ether oxygens (including phenoxy) is 2. The second kappa shape index (κ2) is 8.03. The van der Waals surface area contributed by atoms with Crippen LogP contribution >= 0.6 is 0 Å². The van der Waals surface area contributed by atoms with Gasteiger partial charge in [-0.05, 0) is 36.2 Å². The van der Waals surface area contributed by atoms with Crippen molar-refractivity contribution < 1.29 is 9.47 Å². The molecule has 0 aliphatic carbocycles. The molecule has 1 aliphatic rings. The van der Waals surface area contributed by atoms with Crippen molar-refractivity contribution in [1.82, 2.24) is 15.0 Å². The summed E-state index contributed by atoms with van der Waals surface area (Å²) >= 11 is 0. The SMILES string of the molecule is CCc1cc(NCc2ccc3c(c2)OCCCO3)nc(-c2ccccn2)n1. The Labute approximate surface area is 158 Å². The normalized spacial score (nSPS) is 13.1. The molecule has 0 bridgehead atoms. The van der Waals surface area contributed by atoms with Crippen LogP contribution in [0.2, 0.25) is 0 Å². The van der Waals surface area contributed by atoms with Gasteiger partial charge in [-0.1, -0.05) is 19.1 Å². The van der Waals surface area contributed by atoms with Crippen molar-refractivity contribution in [1.29, 1.82) is 0 Å². The fourth-order valence-corrected chi connectivity index (χ4v) is 2.89. The Balaban J connectivity index is 1.53. The minimum atomic E-state index is 0.635. The van der Waals surface area contributed by atoms with Gasteiger partial charge >= 0.3 is 0 Å². The number of nitrogens with zero attached hydrogens (tertiary/aromatic N) is 3. The highest BCUT2D eigenvalue weighted by Crippen LogP contribution is 2.30. The van der Waals surface area contributed by atoms with Crippen molar-refractivity contribution in [2.24, 2.45) is 0 Å². The molecule has 0 saturated carbocycles. The van der Waals surface area contributed by atoms with E-state index in [1.807, 2.05) is 42.5 Å². The molecule has 0 fully saturated rings. The van der Waals surface area contributed by atoms with Crippen LogP contribution in [0.3, 0.4) is 0 Å². The Morgan fingerprint density at radius 3 is 2.70 bits per heavy atom. The predicted octanol–water partition coefficient (Wildman–Crippen LogP) is 3.87. The summed E-state index contributed by atoms with van der Waals surface area (Å²) < 4.78 is 11.5. The molecule has 0 radical (unpaired) electrons. The van der Waals surface area contributed by atoms with Crippen molar-refractivity contribution in [2.45, 2.75) is 26.3 Å². The molecular formula is C21H22N4O2. The molecule has 6 nitrogen and oxygen atoms in total. The summed E-state index contributed by atoms with van der Waals surface area (Å²) in [6.07, 6.45) is 3.49. The molecule has 6 heteroatoms. The van der Waals surface area contributed by atoms with Crippen molar-refractivity contribution in [2.75, 3.05) is 18.5 Å². The van der Waals surface area contributed by atoms with E-state index in [-0.39, 0.29) is 0 Å². The van der Waals surface area contributed by atoms with Crippen LogP contribution < -0.4 is 14.8 Å². The molecule has 0 saturated heterocycles. The third-order valence-corrected chi connectivity index (χ3v) is 4.32. The van der Waals surface area contributed by atoms with Crippen molar-refractivity contribution in [3.8, 4) is 23.0 Å². The Hall–Kier alpha value is -3.15. The fourth-order valence-electron chi connectivity index (χ4n) is 2.89. The summed E-state index contributed by atoms with van der Waals surface area (Å²) in [6, 6.07) is 13.8. The van der Waals surface area contributed by atoms with Gasteiger partial charge in [0.2, 0.25) is 0 Å². The van der Waals surface area contributed by atoms with Gasteiger partial charge in [-0.3, -0.25) is 4.98 Å². The number of pyridine rings is 1. The quantitative estimate of drug-likeness (QED) is 0.743. The first-order chi connectivity index (χ1) is 13.3. The molecule has 0 unspecified atom stereocenters. The lowest BCUT2D eigenvalue weighted by atomic mass is 10.2. The number of rotatable bonds is 5. The Kier molecular flexibility index (Phi) is 5.14. The van der Waals surface area contributed by atoms with Crippen LogP contribution in [0.5, 0.6) is 11.5 Å². The fraction of sp³-hybridized carbons (Fsp3) is 0.286. The van der Waals surface area contributed by atoms with Crippen molar-refractivity contribution in [3.63, 3.8) is 0 Å². The maximum absolute atomic E-state index is 5.77. The van der Waals surface area contributed by atoms with E-state index in [9.17, 15) is 0 Å². The highest BCUT2D eigenvalue weighted by atomic mass is 16.5. The second-order valence-corrected chi connectivity index (χ2v) is 6.32. The van der Waals surface area contributed by atoms with Gasteiger partial charge in [0, 0.05) is 30.9 Å². The first kappa shape index (κ1) is 17.3. The van der Waals surface area contributed by atoms with Crippen LogP contribution in [-0.4, -0.2) is 28.2 Å². The average molecular weight is 362 g/mol. The molecule has 4 rings (SSSR count). The van der Waals surface area contributed by atoms with E-state index in [0.29, 0.717) is 25.6 Å². The minimum absolute atomic E-state index is 0.635. The second-order valence-electron chi connectivity index (χ2n) is 6.32. The van der Waals surface area contributed by atoms with E-state index in [1.165, 1.54) is 0 Å².